The summed E-state index contributed by atoms with van der Waals surface area (Å²) in [6.07, 6.45) is 0. The molecule has 0 spiro atoms. The van der Waals surface area contributed by atoms with Crippen molar-refractivity contribution >= 4 is 54.8 Å². The Labute approximate surface area is 210 Å². The summed E-state index contributed by atoms with van der Waals surface area (Å²) in [5, 5.41) is 1.17. The predicted octanol–water partition coefficient (Wildman–Crippen LogP) is -2.25. The fourth-order valence-corrected chi connectivity index (χ4v) is 6.84. The van der Waals surface area contributed by atoms with Crippen LogP contribution in [0.4, 0.5) is 0 Å². The van der Waals surface area contributed by atoms with Crippen LogP contribution in [-0.2, 0) is 39.4 Å². The molecule has 0 radical (unpaired) electrons. The van der Waals surface area contributed by atoms with E-state index in [0.29, 0.717) is 15.9 Å². The third-order valence-electron chi connectivity index (χ3n) is 4.00. The Kier molecular flexibility index (Phi) is 10.2. The van der Waals surface area contributed by atoms with E-state index >= 15 is 0 Å². The Hall–Kier alpha value is -1.18. The first-order valence-electron chi connectivity index (χ1n) is 8.08. The molecule has 0 saturated heterocycles. The van der Waals surface area contributed by atoms with Crippen LogP contribution in [0, 0.1) is 0 Å². The summed E-state index contributed by atoms with van der Waals surface area (Å²) in [7, 11) is -13.8. The molecule has 0 aromatic heterocycles. The van der Waals surface area contributed by atoms with E-state index < -0.39 is 48.7 Å². The molecule has 32 heavy (non-hydrogen) atoms. The van der Waals surface area contributed by atoms with E-state index in [1.54, 1.807) is 18.2 Å². The summed E-state index contributed by atoms with van der Waals surface area (Å²) in [5.74, 6) is 0. The number of benzene rings is 3. The van der Waals surface area contributed by atoms with Crippen LogP contribution >= 0.6 is 7.92 Å². The maximum absolute atomic E-state index is 11.5. The number of hydrogen-bond donors (Lipinski definition) is 0. The van der Waals surface area contributed by atoms with Gasteiger partial charge in [-0.2, -0.15) is 0 Å². The molecule has 0 saturated carbocycles. The first-order valence-corrected chi connectivity index (χ1v) is 13.3. The minimum atomic E-state index is -4.76. The van der Waals surface area contributed by atoms with Crippen LogP contribution in [0.2, 0.25) is 0 Å². The molecule has 3 rings (SSSR count). The number of rotatable bonds is 6. The second-order valence-corrected chi connectivity index (χ2v) is 11.9. The molecule has 0 bridgehead atoms. The molecular formula is C18H13NaO9PS3-3. The standard InChI is InChI=1S/C18H14O8PS3.Na.H2O/c19-28(20)16-7-1-4-13(10-16)27(14-5-2-8-17(11-14)29(21,22)23)15-6-3-9-18(12-15)30(24,25)26;;/h1-12H,(H,21,22,23)(H,24,25,26);;1H2/q-1;+1;/p-3. The van der Waals surface area contributed by atoms with Crippen molar-refractivity contribution in [1.82, 2.24) is 0 Å². The van der Waals surface area contributed by atoms with Crippen LogP contribution < -0.4 is 45.5 Å². The Morgan fingerprint density at radius 1 is 0.656 bits per heavy atom. The van der Waals surface area contributed by atoms with Crippen molar-refractivity contribution in [2.45, 2.75) is 14.7 Å². The zero-order chi connectivity index (χ0) is 22.1. The van der Waals surface area contributed by atoms with Crippen molar-refractivity contribution in [3.8, 4) is 0 Å². The fourth-order valence-electron chi connectivity index (χ4n) is 2.73. The van der Waals surface area contributed by atoms with E-state index in [0.717, 1.165) is 24.3 Å². The largest absolute Gasteiger partial charge is 1.00 e. The van der Waals surface area contributed by atoms with E-state index in [4.69, 9.17) is 0 Å². The summed E-state index contributed by atoms with van der Waals surface area (Å²) < 4.78 is 91.5. The molecule has 0 heterocycles. The molecule has 14 heteroatoms. The molecule has 0 aliphatic carbocycles. The normalized spacial score (nSPS) is 11.6. The fraction of sp³-hybridized carbons (Fsp3) is 0. The average molecular weight is 523 g/mol. The van der Waals surface area contributed by atoms with Gasteiger partial charge in [0.1, 0.15) is 20.2 Å². The average Bonchev–Trinajstić information content (AvgIpc) is 2.68. The summed E-state index contributed by atoms with van der Waals surface area (Å²) >= 11 is 0. The summed E-state index contributed by atoms with van der Waals surface area (Å²) in [6, 6.07) is 16.2. The van der Waals surface area contributed by atoms with Gasteiger partial charge >= 0.3 is 29.6 Å². The van der Waals surface area contributed by atoms with Crippen molar-refractivity contribution in [3.63, 3.8) is 0 Å². The van der Waals surface area contributed by atoms with Gasteiger partial charge in [0.05, 0.1) is 9.79 Å². The molecule has 166 valence electrons. The molecular weight excluding hydrogens is 510 g/mol. The Morgan fingerprint density at radius 3 is 1.41 bits per heavy atom. The predicted molar refractivity (Wildman–Crippen MR) is 110 cm³/mol. The molecule has 0 fully saturated rings. The molecule has 0 atom stereocenters. The van der Waals surface area contributed by atoms with Crippen LogP contribution in [-0.4, -0.2) is 31.4 Å². The van der Waals surface area contributed by atoms with Crippen LogP contribution in [0.5, 0.6) is 0 Å². The molecule has 3 aromatic rings. The maximum atomic E-state index is 11.5. The van der Waals surface area contributed by atoms with E-state index in [1.807, 2.05) is 0 Å². The SMILES string of the molecule is O=[S-](=O)c1cccc(P(c2cccc(S(=O)(=O)[O-])c2)c2cccc(S(=O)(=O)[O-])c2)c1.[Na+].[OH-]. The van der Waals surface area contributed by atoms with Crippen molar-refractivity contribution < 1.29 is 69.4 Å². The van der Waals surface area contributed by atoms with E-state index in [1.165, 1.54) is 30.3 Å². The summed E-state index contributed by atoms with van der Waals surface area (Å²) in [5.41, 5.74) is 0. The quantitative estimate of drug-likeness (QED) is 0.149. The Bertz CT molecular complexity index is 1320. The van der Waals surface area contributed by atoms with Crippen molar-refractivity contribution in [2.75, 3.05) is 0 Å². The van der Waals surface area contributed by atoms with Gasteiger partial charge in [0, 0.05) is 0 Å². The smallest absolute Gasteiger partial charge is 0.870 e. The molecule has 0 aliphatic heterocycles. The van der Waals surface area contributed by atoms with Gasteiger partial charge in [-0.25, -0.2) is 16.8 Å². The first kappa shape index (κ1) is 28.9. The van der Waals surface area contributed by atoms with Gasteiger partial charge in [-0.1, -0.05) is 53.4 Å². The third kappa shape index (κ3) is 6.91. The van der Waals surface area contributed by atoms with Gasteiger partial charge in [-0.15, -0.1) is 0 Å². The third-order valence-corrected chi connectivity index (χ3v) is 8.68. The monoisotopic (exact) mass is 523 g/mol. The van der Waals surface area contributed by atoms with E-state index in [-0.39, 0.29) is 39.9 Å². The van der Waals surface area contributed by atoms with Crippen LogP contribution in [0.15, 0.2) is 87.5 Å². The van der Waals surface area contributed by atoms with Crippen LogP contribution in [0.25, 0.3) is 0 Å². The van der Waals surface area contributed by atoms with E-state index in [9.17, 15) is 34.4 Å². The zero-order valence-electron chi connectivity index (χ0n) is 16.3. The molecule has 0 aliphatic rings. The van der Waals surface area contributed by atoms with Gasteiger partial charge in [0.15, 0.2) is 0 Å². The summed E-state index contributed by atoms with van der Waals surface area (Å²) in [4.78, 5) is -0.993. The van der Waals surface area contributed by atoms with Crippen LogP contribution in [0.1, 0.15) is 0 Å². The molecule has 1 N–H and O–H groups in total. The summed E-state index contributed by atoms with van der Waals surface area (Å²) in [6.45, 7) is 0. The first-order chi connectivity index (χ1) is 14.0. The van der Waals surface area contributed by atoms with Crippen molar-refractivity contribution in [3.05, 3.63) is 72.8 Å². The molecule has 0 amide bonds. The van der Waals surface area contributed by atoms with Crippen molar-refractivity contribution in [1.29, 1.82) is 0 Å². The van der Waals surface area contributed by atoms with Crippen LogP contribution in [0.3, 0.4) is 0 Å². The zero-order valence-corrected chi connectivity index (χ0v) is 21.7. The Morgan fingerprint density at radius 2 is 1.03 bits per heavy atom. The minimum Gasteiger partial charge on any atom is -0.870 e. The maximum Gasteiger partial charge on any atom is 1.00 e. The molecule has 9 nitrogen and oxygen atoms in total. The Balaban J connectivity index is 0.00000256. The second-order valence-electron chi connectivity index (χ2n) is 5.97. The number of hydrogen-bond acceptors (Lipinski definition) is 10. The van der Waals surface area contributed by atoms with Gasteiger partial charge in [0.25, 0.3) is 0 Å². The van der Waals surface area contributed by atoms with Gasteiger partial charge in [0.2, 0.25) is 0 Å². The van der Waals surface area contributed by atoms with E-state index in [2.05, 4.69) is 0 Å². The molecule has 0 unspecified atom stereocenters. The van der Waals surface area contributed by atoms with Gasteiger partial charge in [-0.05, 0) is 58.8 Å². The molecule has 3 aromatic carbocycles. The van der Waals surface area contributed by atoms with Gasteiger partial charge < -0.3 is 23.0 Å². The minimum absolute atomic E-state index is 0. The van der Waals surface area contributed by atoms with Gasteiger partial charge in [-0.3, -0.25) is 0 Å². The second kappa shape index (κ2) is 11.3. The topological polar surface area (TPSA) is 179 Å². The van der Waals surface area contributed by atoms with Crippen molar-refractivity contribution in [2.24, 2.45) is 0 Å².